The van der Waals surface area contributed by atoms with Gasteiger partial charge in [-0.1, -0.05) is 69.7 Å². The first-order valence-corrected chi connectivity index (χ1v) is 11.7. The lowest BCUT2D eigenvalue weighted by Crippen LogP contribution is -2.03. The largest absolute Gasteiger partial charge is 0.412 e. The van der Waals surface area contributed by atoms with Crippen LogP contribution in [0, 0.1) is 12.8 Å². The van der Waals surface area contributed by atoms with Crippen LogP contribution in [0.3, 0.4) is 0 Å². The van der Waals surface area contributed by atoms with E-state index in [2.05, 4.69) is 84.8 Å². The molecule has 1 heterocycles. The zero-order valence-corrected chi connectivity index (χ0v) is 21.1. The first-order valence-electron chi connectivity index (χ1n) is 10.2. The highest BCUT2D eigenvalue weighted by molar-refractivity contribution is 7.22. The van der Waals surface area contributed by atoms with Crippen LogP contribution in [0.1, 0.15) is 66.2 Å². The molecule has 0 amide bonds. The van der Waals surface area contributed by atoms with Crippen molar-refractivity contribution in [1.82, 2.24) is 0 Å². The SMILES string of the molecule is CC.CC.CC=C(C)/C(C1=CCC2C=CCC2=C1)=C(/C)P.Cc1cccs1.O. The molecule has 2 atom stereocenters. The van der Waals surface area contributed by atoms with Gasteiger partial charge in [0.25, 0.3) is 0 Å². The first kappa shape index (κ1) is 29.0. The van der Waals surface area contributed by atoms with Gasteiger partial charge in [0.1, 0.15) is 0 Å². The van der Waals surface area contributed by atoms with Crippen molar-refractivity contribution in [2.75, 3.05) is 0 Å². The molecule has 1 aromatic rings. The Bertz CT molecular complexity index is 684. The third-order valence-electron chi connectivity index (χ3n) is 4.30. The highest BCUT2D eigenvalue weighted by Crippen LogP contribution is 2.37. The molecule has 1 aromatic heterocycles. The fourth-order valence-electron chi connectivity index (χ4n) is 3.00. The molecule has 2 aliphatic rings. The predicted octanol–water partition coefficient (Wildman–Crippen LogP) is 8.22. The van der Waals surface area contributed by atoms with Crippen LogP contribution in [-0.4, -0.2) is 5.48 Å². The van der Waals surface area contributed by atoms with Crippen LogP contribution in [0.2, 0.25) is 0 Å². The molecule has 1 nitrogen and oxygen atoms in total. The van der Waals surface area contributed by atoms with Crippen LogP contribution < -0.4 is 0 Å². The standard InChI is InChI=1S/C16H21P.C5H6S.2C2H6.H2O/c1-4-11(2)16(12(3)17)15-9-8-13-6-5-7-14(13)10-15;1-5-3-2-4-6-5;2*1-2;/h4-6,9-10,13H,7-8,17H2,1-3H3;2-4H,1H3;2*1-2H3;1H2/b11-4?,16-12+;;;;. The van der Waals surface area contributed by atoms with Crippen LogP contribution in [-0.2, 0) is 0 Å². The molecular formula is C25H41OPS. The quantitative estimate of drug-likeness (QED) is 0.262. The van der Waals surface area contributed by atoms with Gasteiger partial charge < -0.3 is 5.48 Å². The smallest absolute Gasteiger partial charge is 0.00181 e. The monoisotopic (exact) mass is 420 g/mol. The number of rotatable bonds is 2. The van der Waals surface area contributed by atoms with Gasteiger partial charge in [-0.3, -0.25) is 0 Å². The van der Waals surface area contributed by atoms with Gasteiger partial charge in [0.2, 0.25) is 0 Å². The van der Waals surface area contributed by atoms with Crippen LogP contribution in [0.25, 0.3) is 0 Å². The van der Waals surface area contributed by atoms with E-state index in [1.165, 1.54) is 26.9 Å². The van der Waals surface area contributed by atoms with E-state index in [0.717, 1.165) is 12.8 Å². The average Bonchev–Trinajstić information content (AvgIpc) is 3.36. The van der Waals surface area contributed by atoms with Gasteiger partial charge in [-0.05, 0) is 74.0 Å². The van der Waals surface area contributed by atoms with E-state index in [1.807, 2.05) is 27.7 Å². The number of hydrogen-bond donors (Lipinski definition) is 0. The Balaban J connectivity index is 0. The van der Waals surface area contributed by atoms with Gasteiger partial charge >= 0.3 is 0 Å². The van der Waals surface area contributed by atoms with Gasteiger partial charge in [-0.15, -0.1) is 20.6 Å². The Hall–Kier alpha value is -1.21. The second-order valence-electron chi connectivity index (χ2n) is 6.11. The lowest BCUT2D eigenvalue weighted by molar-refractivity contribution is 0.771. The van der Waals surface area contributed by atoms with Gasteiger partial charge in [0.05, 0.1) is 0 Å². The molecule has 0 bridgehead atoms. The van der Waals surface area contributed by atoms with Crippen LogP contribution >= 0.6 is 20.6 Å². The number of fused-ring (bicyclic) bond motifs is 1. The fourth-order valence-corrected chi connectivity index (χ4v) is 3.92. The molecule has 158 valence electrons. The third kappa shape index (κ3) is 9.32. The number of thiophene rings is 1. The molecule has 0 radical (unpaired) electrons. The summed E-state index contributed by atoms with van der Waals surface area (Å²) in [6.07, 6.45) is 13.9. The first-order chi connectivity index (χ1) is 13.0. The summed E-state index contributed by atoms with van der Waals surface area (Å²) in [5, 5.41) is 3.41. The third-order valence-corrected chi connectivity index (χ3v) is 5.39. The average molecular weight is 421 g/mol. The topological polar surface area (TPSA) is 31.5 Å². The van der Waals surface area contributed by atoms with Crippen molar-refractivity contribution < 1.29 is 5.48 Å². The molecule has 0 aliphatic heterocycles. The second-order valence-corrected chi connectivity index (χ2v) is 8.12. The predicted molar refractivity (Wildman–Crippen MR) is 135 cm³/mol. The normalized spacial score (nSPS) is 17.6. The summed E-state index contributed by atoms with van der Waals surface area (Å²) in [4.78, 5) is 1.38. The van der Waals surface area contributed by atoms with E-state index < -0.39 is 0 Å². The lowest BCUT2D eigenvalue weighted by Gasteiger charge is -2.20. The zero-order chi connectivity index (χ0) is 20.8. The van der Waals surface area contributed by atoms with Crippen LogP contribution in [0.15, 0.2) is 75.5 Å². The van der Waals surface area contributed by atoms with E-state index in [-0.39, 0.29) is 5.48 Å². The maximum absolute atomic E-state index is 2.85. The molecule has 3 rings (SSSR count). The minimum atomic E-state index is 0. The number of aryl methyl sites for hydroxylation is 1. The maximum Gasteiger partial charge on any atom is 0.00181 e. The summed E-state index contributed by atoms with van der Waals surface area (Å²) in [5.41, 5.74) is 5.75. The van der Waals surface area contributed by atoms with Crippen LogP contribution in [0.4, 0.5) is 0 Å². The molecule has 0 saturated carbocycles. The fraction of sp³-hybridized carbons (Fsp3) is 0.440. The van der Waals surface area contributed by atoms with Crippen molar-refractivity contribution in [1.29, 1.82) is 0 Å². The Labute approximate surface area is 180 Å². The van der Waals surface area contributed by atoms with E-state index in [9.17, 15) is 0 Å². The van der Waals surface area contributed by atoms with Gasteiger partial charge in [0.15, 0.2) is 0 Å². The molecule has 2 aliphatic carbocycles. The molecular weight excluding hydrogens is 379 g/mol. The molecule has 0 spiro atoms. The molecule has 28 heavy (non-hydrogen) atoms. The van der Waals surface area contributed by atoms with Crippen LogP contribution in [0.5, 0.6) is 0 Å². The minimum absolute atomic E-state index is 0. The zero-order valence-electron chi connectivity index (χ0n) is 19.1. The molecule has 2 N–H and O–H groups in total. The molecule has 0 fully saturated rings. The summed E-state index contributed by atoms with van der Waals surface area (Å²) in [5.74, 6) is 0.677. The number of hydrogen-bond acceptors (Lipinski definition) is 1. The van der Waals surface area contributed by atoms with E-state index in [4.69, 9.17) is 0 Å². The highest BCUT2D eigenvalue weighted by Gasteiger charge is 2.20. The molecule has 0 aromatic carbocycles. The van der Waals surface area contributed by atoms with E-state index in [0.29, 0.717) is 5.92 Å². The Kier molecular flexibility index (Phi) is 17.3. The van der Waals surface area contributed by atoms with E-state index >= 15 is 0 Å². The highest BCUT2D eigenvalue weighted by atomic mass is 32.1. The Morgan fingerprint density at radius 2 is 1.82 bits per heavy atom. The van der Waals surface area contributed by atoms with Crippen molar-refractivity contribution in [3.63, 3.8) is 0 Å². The summed E-state index contributed by atoms with van der Waals surface area (Å²) < 4.78 is 0. The van der Waals surface area contributed by atoms with Gasteiger partial charge in [0, 0.05) is 10.8 Å². The molecule has 0 saturated heterocycles. The van der Waals surface area contributed by atoms with Crippen molar-refractivity contribution in [2.24, 2.45) is 5.92 Å². The maximum atomic E-state index is 2.85. The lowest BCUT2D eigenvalue weighted by atomic mass is 9.86. The van der Waals surface area contributed by atoms with E-state index in [1.54, 1.807) is 16.9 Å². The molecule has 2 unspecified atom stereocenters. The summed E-state index contributed by atoms with van der Waals surface area (Å²) in [7, 11) is 2.85. The minimum Gasteiger partial charge on any atom is -0.412 e. The van der Waals surface area contributed by atoms with Crippen molar-refractivity contribution in [3.05, 3.63) is 80.4 Å². The summed E-state index contributed by atoms with van der Waals surface area (Å²) in [6, 6.07) is 4.16. The van der Waals surface area contributed by atoms with Crippen molar-refractivity contribution in [3.8, 4) is 0 Å². The number of allylic oxidation sites excluding steroid dienone is 10. The summed E-state index contributed by atoms with van der Waals surface area (Å²) >= 11 is 1.78. The second kappa shape index (κ2) is 16.7. The Morgan fingerprint density at radius 1 is 1.18 bits per heavy atom. The van der Waals surface area contributed by atoms with Crippen molar-refractivity contribution >= 4 is 20.6 Å². The Morgan fingerprint density at radius 3 is 2.25 bits per heavy atom. The summed E-state index contributed by atoms with van der Waals surface area (Å²) in [6.45, 7) is 16.6. The van der Waals surface area contributed by atoms with Crippen molar-refractivity contribution in [2.45, 2.75) is 68.2 Å². The molecule has 3 heteroatoms. The van der Waals surface area contributed by atoms with Gasteiger partial charge in [-0.2, -0.15) is 0 Å². The van der Waals surface area contributed by atoms with Gasteiger partial charge in [-0.25, -0.2) is 0 Å².